The highest BCUT2D eigenvalue weighted by Gasteiger charge is 2.19. The molecule has 2 N–H and O–H groups in total. The number of halogens is 3. The second kappa shape index (κ2) is 10.4. The molecule has 190 valence electrons. The van der Waals surface area contributed by atoms with Crippen molar-refractivity contribution < 1.29 is 23.1 Å². The van der Waals surface area contributed by atoms with Crippen LogP contribution in [0.5, 0.6) is 0 Å². The second-order valence-electron chi connectivity index (χ2n) is 8.98. The molecule has 0 unspecified atom stereocenters. The minimum atomic E-state index is -0.778. The van der Waals surface area contributed by atoms with Gasteiger partial charge < -0.3 is 10.1 Å². The van der Waals surface area contributed by atoms with Gasteiger partial charge in [0.25, 0.3) is 5.91 Å². The minimum absolute atomic E-state index is 0.000996. The van der Waals surface area contributed by atoms with Crippen molar-refractivity contribution in [2.45, 2.75) is 26.4 Å². The third-order valence-electron chi connectivity index (χ3n) is 4.94. The predicted octanol–water partition coefficient (Wildman–Crippen LogP) is 6.47. The highest BCUT2D eigenvalue weighted by atomic mass is 35.5. The van der Waals surface area contributed by atoms with Crippen LogP contribution in [0.25, 0.3) is 16.8 Å². The summed E-state index contributed by atoms with van der Waals surface area (Å²) in [4.78, 5) is 28.9. The highest BCUT2D eigenvalue weighted by Crippen LogP contribution is 2.25. The molecule has 0 bridgehead atoms. The van der Waals surface area contributed by atoms with E-state index >= 15 is 0 Å². The van der Waals surface area contributed by atoms with Crippen LogP contribution in [-0.2, 0) is 4.74 Å². The summed E-state index contributed by atoms with van der Waals surface area (Å²) in [5, 5.41) is 9.22. The summed E-state index contributed by atoms with van der Waals surface area (Å²) in [5.74, 6) is -2.17. The van der Waals surface area contributed by atoms with Crippen molar-refractivity contribution in [1.29, 1.82) is 0 Å². The maximum absolute atomic E-state index is 14.8. The molecule has 0 radical (unpaired) electrons. The molecular weight excluding hydrogens is 504 g/mol. The second-order valence-corrected chi connectivity index (χ2v) is 9.39. The summed E-state index contributed by atoms with van der Waals surface area (Å²) in [6.45, 7) is 5.16. The van der Waals surface area contributed by atoms with Gasteiger partial charge in [0.15, 0.2) is 11.6 Å². The van der Waals surface area contributed by atoms with Crippen LogP contribution in [0.1, 0.15) is 31.1 Å². The molecule has 4 rings (SSSR count). The number of pyridine rings is 1. The van der Waals surface area contributed by atoms with Gasteiger partial charge in [0.05, 0.1) is 22.5 Å². The molecule has 0 aliphatic rings. The van der Waals surface area contributed by atoms with E-state index in [9.17, 15) is 18.4 Å². The van der Waals surface area contributed by atoms with Crippen LogP contribution in [0.15, 0.2) is 67.1 Å². The van der Waals surface area contributed by atoms with E-state index in [0.29, 0.717) is 16.8 Å². The average molecular weight is 526 g/mol. The molecule has 0 spiro atoms. The lowest BCUT2D eigenvalue weighted by Gasteiger charge is -2.19. The number of ether oxygens (including phenoxy) is 1. The van der Waals surface area contributed by atoms with Gasteiger partial charge in [-0.2, -0.15) is 5.10 Å². The predicted molar refractivity (Wildman–Crippen MR) is 136 cm³/mol. The fourth-order valence-electron chi connectivity index (χ4n) is 3.27. The Labute approximate surface area is 216 Å². The molecule has 2 amide bonds. The first-order valence-electron chi connectivity index (χ1n) is 11.1. The molecule has 37 heavy (non-hydrogen) atoms. The van der Waals surface area contributed by atoms with Crippen molar-refractivity contribution >= 4 is 35.1 Å². The largest absolute Gasteiger partial charge is 0.444 e. The number of hydrogen-bond acceptors (Lipinski definition) is 5. The molecule has 2 heterocycles. The van der Waals surface area contributed by atoms with Crippen LogP contribution < -0.4 is 10.6 Å². The van der Waals surface area contributed by atoms with Crippen molar-refractivity contribution in [2.24, 2.45) is 0 Å². The Bertz CT molecular complexity index is 1470. The normalized spacial score (nSPS) is 11.2. The van der Waals surface area contributed by atoms with Gasteiger partial charge in [-0.3, -0.25) is 10.1 Å². The number of nitrogens with zero attached hydrogens (tertiary/aromatic N) is 3. The van der Waals surface area contributed by atoms with Gasteiger partial charge >= 0.3 is 6.09 Å². The molecular formula is C26H22ClF2N5O3. The van der Waals surface area contributed by atoms with E-state index < -0.39 is 23.4 Å². The number of hydrogen-bond donors (Lipinski definition) is 2. The van der Waals surface area contributed by atoms with Crippen LogP contribution in [-0.4, -0.2) is 32.4 Å². The Morgan fingerprint density at radius 1 is 0.973 bits per heavy atom. The van der Waals surface area contributed by atoms with E-state index in [2.05, 4.69) is 20.7 Å². The molecule has 11 heteroatoms. The third kappa shape index (κ3) is 6.47. The van der Waals surface area contributed by atoms with Gasteiger partial charge in [-0.05, 0) is 69.3 Å². The van der Waals surface area contributed by atoms with Gasteiger partial charge in [-0.1, -0.05) is 11.6 Å². The zero-order chi connectivity index (χ0) is 26.7. The van der Waals surface area contributed by atoms with Crippen molar-refractivity contribution in [2.75, 3.05) is 10.6 Å². The number of nitrogens with one attached hydrogen (secondary N) is 2. The van der Waals surface area contributed by atoms with E-state index in [1.807, 2.05) is 0 Å². The smallest absolute Gasteiger partial charge is 0.412 e. The minimum Gasteiger partial charge on any atom is -0.444 e. The fourth-order valence-corrected chi connectivity index (χ4v) is 3.47. The first-order valence-corrected chi connectivity index (χ1v) is 11.4. The van der Waals surface area contributed by atoms with Crippen LogP contribution in [0, 0.1) is 11.6 Å². The summed E-state index contributed by atoms with van der Waals surface area (Å²) in [6, 6.07) is 11.2. The highest BCUT2D eigenvalue weighted by molar-refractivity contribution is 6.34. The van der Waals surface area contributed by atoms with Crippen LogP contribution >= 0.6 is 11.6 Å². The SMILES string of the molecule is CC(C)(C)OC(=O)Nc1ccc(Cl)c(C(=O)Nc2ncc(-c3cnn(-c4ccc(F)cc4)c3)cc2F)c1. The third-order valence-corrected chi connectivity index (χ3v) is 5.27. The maximum Gasteiger partial charge on any atom is 0.412 e. The Morgan fingerprint density at radius 3 is 2.38 bits per heavy atom. The average Bonchev–Trinajstić information content (AvgIpc) is 3.31. The van der Waals surface area contributed by atoms with Gasteiger partial charge in [0, 0.05) is 29.2 Å². The number of carbonyl (C=O) groups excluding carboxylic acids is 2. The van der Waals surface area contributed by atoms with Gasteiger partial charge in [-0.25, -0.2) is 23.2 Å². The molecule has 0 aliphatic heterocycles. The van der Waals surface area contributed by atoms with E-state index in [1.54, 1.807) is 39.1 Å². The summed E-state index contributed by atoms with van der Waals surface area (Å²) in [6.07, 6.45) is 3.84. The monoisotopic (exact) mass is 525 g/mol. The number of carbonyl (C=O) groups is 2. The van der Waals surface area contributed by atoms with Crippen LogP contribution in [0.4, 0.5) is 25.1 Å². The molecule has 0 saturated carbocycles. The molecule has 8 nitrogen and oxygen atoms in total. The summed E-state index contributed by atoms with van der Waals surface area (Å²) >= 11 is 6.16. The fraction of sp³-hybridized carbons (Fsp3) is 0.154. The molecule has 4 aromatic rings. The lowest BCUT2D eigenvalue weighted by atomic mass is 10.1. The van der Waals surface area contributed by atoms with Crippen molar-refractivity contribution in [3.05, 3.63) is 89.3 Å². The van der Waals surface area contributed by atoms with Gasteiger partial charge in [0.1, 0.15) is 11.4 Å². The number of anilines is 2. The Kier molecular flexibility index (Phi) is 7.21. The standard InChI is InChI=1S/C26H22ClF2N5O3/c1-26(2,3)37-25(36)32-18-6-9-21(27)20(11-18)24(35)33-23-22(29)10-15(12-30-23)16-13-31-34(14-16)19-7-4-17(28)5-8-19/h4-14H,1-3H3,(H,32,36)(H,30,33,35). The van der Waals surface area contributed by atoms with E-state index in [-0.39, 0.29) is 27.9 Å². The Hall–Kier alpha value is -4.31. The van der Waals surface area contributed by atoms with Crippen molar-refractivity contribution in [3.8, 4) is 16.8 Å². The lowest BCUT2D eigenvalue weighted by molar-refractivity contribution is 0.0635. The summed E-state index contributed by atoms with van der Waals surface area (Å²) in [5.41, 5.74) is 1.19. The van der Waals surface area contributed by atoms with Gasteiger partial charge in [0.2, 0.25) is 0 Å². The molecule has 0 fully saturated rings. The number of benzene rings is 2. The van der Waals surface area contributed by atoms with Gasteiger partial charge in [-0.15, -0.1) is 0 Å². The maximum atomic E-state index is 14.8. The molecule has 2 aromatic carbocycles. The van der Waals surface area contributed by atoms with E-state index in [0.717, 1.165) is 0 Å². The number of rotatable bonds is 5. The summed E-state index contributed by atoms with van der Waals surface area (Å²) in [7, 11) is 0. The first-order chi connectivity index (χ1) is 17.5. The zero-order valence-corrected chi connectivity index (χ0v) is 20.8. The number of aromatic nitrogens is 3. The van der Waals surface area contributed by atoms with E-state index in [4.69, 9.17) is 16.3 Å². The number of amides is 2. The van der Waals surface area contributed by atoms with Crippen molar-refractivity contribution in [3.63, 3.8) is 0 Å². The topological polar surface area (TPSA) is 98.1 Å². The molecule has 0 atom stereocenters. The first kappa shape index (κ1) is 25.8. The molecule has 2 aromatic heterocycles. The Morgan fingerprint density at radius 2 is 1.70 bits per heavy atom. The zero-order valence-electron chi connectivity index (χ0n) is 20.1. The van der Waals surface area contributed by atoms with Crippen molar-refractivity contribution in [1.82, 2.24) is 14.8 Å². The quantitative estimate of drug-likeness (QED) is 0.311. The summed E-state index contributed by atoms with van der Waals surface area (Å²) < 4.78 is 34.7. The lowest BCUT2D eigenvalue weighted by Crippen LogP contribution is -2.27. The van der Waals surface area contributed by atoms with Crippen LogP contribution in [0.2, 0.25) is 5.02 Å². The van der Waals surface area contributed by atoms with Crippen LogP contribution in [0.3, 0.4) is 0 Å². The van der Waals surface area contributed by atoms with E-state index in [1.165, 1.54) is 53.5 Å². The Balaban J connectivity index is 1.49. The molecule has 0 saturated heterocycles. The molecule has 0 aliphatic carbocycles.